The molecule has 0 aliphatic carbocycles. The van der Waals surface area contributed by atoms with Gasteiger partial charge in [-0.1, -0.05) is 59.3 Å². The quantitative estimate of drug-likeness (QED) is 0.151. The van der Waals surface area contributed by atoms with Gasteiger partial charge in [0.2, 0.25) is 0 Å². The maximum absolute atomic E-state index is 13.2. The number of rotatable bonds is 11. The maximum Gasteiger partial charge on any atom is 0.573 e. The Bertz CT molecular complexity index is 1540. The van der Waals surface area contributed by atoms with Gasteiger partial charge in [-0.3, -0.25) is 14.7 Å². The molecule has 1 aliphatic rings. The molecule has 0 saturated carbocycles. The first-order chi connectivity index (χ1) is 20.6. The largest absolute Gasteiger partial charge is 0.573 e. The van der Waals surface area contributed by atoms with Crippen LogP contribution < -0.4 is 4.74 Å². The van der Waals surface area contributed by atoms with Gasteiger partial charge in [-0.2, -0.15) is 0 Å². The number of likely N-dealkylation sites (tertiary alicyclic amines) is 1. The van der Waals surface area contributed by atoms with Crippen molar-refractivity contribution in [2.24, 2.45) is 5.41 Å². The second-order valence-electron chi connectivity index (χ2n) is 11.9. The first-order valence-electron chi connectivity index (χ1n) is 14.8. The third-order valence-electron chi connectivity index (χ3n) is 8.62. The van der Waals surface area contributed by atoms with Crippen molar-refractivity contribution in [2.45, 2.75) is 64.8 Å². The molecule has 0 atom stereocenters. The van der Waals surface area contributed by atoms with Gasteiger partial charge in [-0.05, 0) is 109 Å². The van der Waals surface area contributed by atoms with Crippen LogP contribution in [0.1, 0.15) is 66.1 Å². The van der Waals surface area contributed by atoms with Crippen LogP contribution in [-0.4, -0.2) is 35.1 Å². The molecule has 5 rings (SSSR count). The van der Waals surface area contributed by atoms with Crippen LogP contribution in [0.2, 0.25) is 0 Å². The molecular weight excluding hydrogens is 617 g/mol. The first kappa shape index (κ1) is 31.2. The fraction of sp³-hybridized carbons (Fsp3) is 0.371. The summed E-state index contributed by atoms with van der Waals surface area (Å²) in [5, 5.41) is 2.46. The Morgan fingerprint density at radius 1 is 1.00 bits per heavy atom. The monoisotopic (exact) mass is 652 g/mol. The van der Waals surface area contributed by atoms with E-state index in [9.17, 15) is 18.0 Å². The number of hydrogen-bond acceptors (Lipinski definition) is 4. The average molecular weight is 654 g/mol. The maximum atomic E-state index is 13.2. The number of halogens is 4. The zero-order valence-corrected chi connectivity index (χ0v) is 25.9. The number of pyridine rings is 1. The molecule has 0 unspecified atom stereocenters. The number of alkyl halides is 3. The minimum absolute atomic E-state index is 0.0434. The molecule has 4 aromatic rings. The number of aromatic nitrogens is 1. The first-order valence-corrected chi connectivity index (χ1v) is 15.6. The van der Waals surface area contributed by atoms with Crippen molar-refractivity contribution in [2.75, 3.05) is 13.1 Å². The van der Waals surface area contributed by atoms with Crippen LogP contribution in [0, 0.1) is 5.41 Å². The summed E-state index contributed by atoms with van der Waals surface area (Å²) in [7, 11) is 0. The van der Waals surface area contributed by atoms with Crippen molar-refractivity contribution in [3.05, 3.63) is 106 Å². The summed E-state index contributed by atoms with van der Waals surface area (Å²) in [5.74, 6) is -0.221. The van der Waals surface area contributed by atoms with E-state index < -0.39 is 6.36 Å². The van der Waals surface area contributed by atoms with E-state index in [1.54, 1.807) is 12.1 Å². The lowest BCUT2D eigenvalue weighted by molar-refractivity contribution is -0.274. The van der Waals surface area contributed by atoms with E-state index in [0.29, 0.717) is 6.42 Å². The number of carbonyl (C=O) groups is 1. The highest BCUT2D eigenvalue weighted by Gasteiger charge is 2.31. The summed E-state index contributed by atoms with van der Waals surface area (Å²) < 4.78 is 42.2. The number of piperidine rings is 1. The fourth-order valence-electron chi connectivity index (χ4n) is 6.07. The molecule has 1 saturated heterocycles. The van der Waals surface area contributed by atoms with Gasteiger partial charge >= 0.3 is 6.36 Å². The molecular formula is C35H36BrF3N2O2. The molecule has 226 valence electrons. The second kappa shape index (κ2) is 13.6. The van der Waals surface area contributed by atoms with Gasteiger partial charge in [0.05, 0.1) is 0 Å². The molecule has 1 fully saturated rings. The lowest BCUT2D eigenvalue weighted by Gasteiger charge is -2.40. The zero-order chi connectivity index (χ0) is 30.5. The SMILES string of the molecule is CC1(CCCc2cc(Br)ccc2C(=O)CCc2ccc(OC(F)(F)F)cc2)CCN(Cc2cccc3cnccc23)CC1. The van der Waals surface area contributed by atoms with E-state index in [2.05, 4.69) is 61.7 Å². The average Bonchev–Trinajstić information content (AvgIpc) is 2.97. The molecule has 4 nitrogen and oxygen atoms in total. The molecule has 0 N–H and O–H groups in total. The Balaban J connectivity index is 1.12. The molecule has 1 aromatic heterocycles. The van der Waals surface area contributed by atoms with Crippen LogP contribution in [0.4, 0.5) is 13.2 Å². The Morgan fingerprint density at radius 2 is 1.77 bits per heavy atom. The molecule has 0 amide bonds. The summed E-state index contributed by atoms with van der Waals surface area (Å²) in [6.07, 6.45) is 5.04. The Kier molecular flexibility index (Phi) is 9.87. The Morgan fingerprint density at radius 3 is 2.51 bits per heavy atom. The van der Waals surface area contributed by atoms with Gasteiger partial charge < -0.3 is 4.74 Å². The highest BCUT2D eigenvalue weighted by Crippen LogP contribution is 2.37. The number of ketones is 1. The number of nitrogens with zero attached hydrogens (tertiary/aromatic N) is 2. The minimum Gasteiger partial charge on any atom is -0.406 e. The van der Waals surface area contributed by atoms with Gasteiger partial charge in [0, 0.05) is 40.8 Å². The summed E-state index contributed by atoms with van der Waals surface area (Å²) in [5.41, 5.74) is 4.18. The van der Waals surface area contributed by atoms with Crippen molar-refractivity contribution in [1.82, 2.24) is 9.88 Å². The lowest BCUT2D eigenvalue weighted by Crippen LogP contribution is -2.38. The van der Waals surface area contributed by atoms with Crippen molar-refractivity contribution in [3.8, 4) is 5.75 Å². The minimum atomic E-state index is -4.72. The molecule has 0 spiro atoms. The highest BCUT2D eigenvalue weighted by molar-refractivity contribution is 9.10. The number of fused-ring (bicyclic) bond motifs is 1. The molecule has 43 heavy (non-hydrogen) atoms. The van der Waals surface area contributed by atoms with Crippen LogP contribution in [0.5, 0.6) is 5.75 Å². The number of hydrogen-bond donors (Lipinski definition) is 0. The van der Waals surface area contributed by atoms with Crippen LogP contribution in [0.15, 0.2) is 83.6 Å². The van der Waals surface area contributed by atoms with Gasteiger partial charge in [0.1, 0.15) is 5.75 Å². The number of aryl methyl sites for hydroxylation is 2. The summed E-state index contributed by atoms with van der Waals surface area (Å²) in [4.78, 5) is 20.0. The second-order valence-corrected chi connectivity index (χ2v) is 12.8. The molecule has 0 radical (unpaired) electrons. The van der Waals surface area contributed by atoms with E-state index in [0.717, 1.165) is 72.9 Å². The van der Waals surface area contributed by atoms with Gasteiger partial charge in [0.15, 0.2) is 5.78 Å². The zero-order valence-electron chi connectivity index (χ0n) is 24.3. The number of benzene rings is 3. The number of carbonyl (C=O) groups excluding carboxylic acids is 1. The van der Waals surface area contributed by atoms with E-state index in [4.69, 9.17) is 0 Å². The molecule has 3 aromatic carbocycles. The fourth-order valence-corrected chi connectivity index (χ4v) is 6.47. The predicted octanol–water partition coefficient (Wildman–Crippen LogP) is 9.34. The van der Waals surface area contributed by atoms with Gasteiger partial charge in [-0.25, -0.2) is 0 Å². The number of Topliss-reactive ketones (excluding diaryl/α,β-unsaturated/α-hetero) is 1. The van der Waals surface area contributed by atoms with E-state index in [1.807, 2.05) is 30.6 Å². The van der Waals surface area contributed by atoms with Crippen LogP contribution >= 0.6 is 15.9 Å². The lowest BCUT2D eigenvalue weighted by atomic mass is 9.76. The van der Waals surface area contributed by atoms with Crippen LogP contribution in [0.25, 0.3) is 10.8 Å². The summed E-state index contributed by atoms with van der Waals surface area (Å²) >= 11 is 3.56. The van der Waals surface area contributed by atoms with Crippen molar-refractivity contribution < 1.29 is 22.7 Å². The number of ether oxygens (including phenoxy) is 1. The van der Waals surface area contributed by atoms with E-state index >= 15 is 0 Å². The van der Waals surface area contributed by atoms with Crippen molar-refractivity contribution in [3.63, 3.8) is 0 Å². The van der Waals surface area contributed by atoms with Crippen LogP contribution in [-0.2, 0) is 19.4 Å². The van der Waals surface area contributed by atoms with Gasteiger partial charge in [-0.15, -0.1) is 13.2 Å². The highest BCUT2D eigenvalue weighted by atomic mass is 79.9. The third-order valence-corrected chi connectivity index (χ3v) is 9.11. The molecule has 2 heterocycles. The standard InChI is InChI=1S/C35H36BrF3N2O2/c1-34(17-20-41(21-18-34)24-28-5-2-4-27-23-40-19-15-31(27)28)16-3-6-26-22-29(36)10-13-32(26)33(42)14-9-25-7-11-30(12-8-25)43-35(37,38)39/h2,4-5,7-8,10-13,15,19,22-23H,3,6,9,14,16-18,20-21,24H2,1H3. The van der Waals surface area contributed by atoms with Gasteiger partial charge in [0.25, 0.3) is 0 Å². The molecule has 0 bridgehead atoms. The smallest absolute Gasteiger partial charge is 0.406 e. The molecule has 8 heteroatoms. The Labute approximate surface area is 259 Å². The summed E-state index contributed by atoms with van der Waals surface area (Å²) in [6, 6.07) is 20.1. The van der Waals surface area contributed by atoms with Crippen molar-refractivity contribution >= 4 is 32.5 Å². The predicted molar refractivity (Wildman–Crippen MR) is 167 cm³/mol. The van der Waals surface area contributed by atoms with E-state index in [-0.39, 0.29) is 23.4 Å². The third kappa shape index (κ3) is 8.67. The van der Waals surface area contributed by atoms with Crippen LogP contribution in [0.3, 0.4) is 0 Å². The molecule has 1 aliphatic heterocycles. The Hall–Kier alpha value is -3.23. The normalized spacial score (nSPS) is 15.5. The van der Waals surface area contributed by atoms with E-state index in [1.165, 1.54) is 28.5 Å². The van der Waals surface area contributed by atoms with Crippen molar-refractivity contribution in [1.29, 1.82) is 0 Å². The summed E-state index contributed by atoms with van der Waals surface area (Å²) in [6.45, 7) is 5.49. The topological polar surface area (TPSA) is 42.4 Å².